The van der Waals surface area contributed by atoms with E-state index in [1.165, 1.54) is 38.9 Å². The molecule has 3 rings (SSSR count). The van der Waals surface area contributed by atoms with Gasteiger partial charge in [0.15, 0.2) is 23.1 Å². The van der Waals surface area contributed by atoms with Crippen LogP contribution in [0.25, 0.3) is 11.2 Å². The summed E-state index contributed by atoms with van der Waals surface area (Å²) in [6.07, 6.45) is -2.11. The zero-order valence-corrected chi connectivity index (χ0v) is 20.5. The number of imidazole rings is 1. The fourth-order valence-corrected chi connectivity index (χ4v) is 5.10. The van der Waals surface area contributed by atoms with E-state index in [1.54, 1.807) is 4.57 Å². The van der Waals surface area contributed by atoms with Crippen molar-refractivity contribution in [3.8, 4) is 0 Å². The van der Waals surface area contributed by atoms with Crippen molar-refractivity contribution in [3.05, 3.63) is 16.8 Å². The summed E-state index contributed by atoms with van der Waals surface area (Å²) in [5.74, 6) is -1.07. The predicted octanol–water partition coefficient (Wildman–Crippen LogP) is 2.58. The maximum Gasteiger partial charge on any atom is 0.303 e. The van der Waals surface area contributed by atoms with Crippen molar-refractivity contribution in [1.82, 2.24) is 19.5 Å². The summed E-state index contributed by atoms with van der Waals surface area (Å²) in [6, 6.07) is 0. The summed E-state index contributed by atoms with van der Waals surface area (Å²) >= 11 is 13.6. The Kier molecular flexibility index (Phi) is 8.38. The van der Waals surface area contributed by atoms with E-state index < -0.39 is 47.7 Å². The molecule has 0 saturated carbocycles. The van der Waals surface area contributed by atoms with Gasteiger partial charge in [0.2, 0.25) is 5.28 Å². The third-order valence-electron chi connectivity index (χ3n) is 4.65. The zero-order valence-electron chi connectivity index (χ0n) is 18.2. The van der Waals surface area contributed by atoms with E-state index in [9.17, 15) is 14.4 Å². The molecule has 1 aliphatic heterocycles. The van der Waals surface area contributed by atoms with E-state index in [1.807, 2.05) is 6.92 Å². The second kappa shape index (κ2) is 10.9. The Bertz CT molecular complexity index is 1050. The lowest BCUT2D eigenvalue weighted by molar-refractivity contribution is -0.176. The van der Waals surface area contributed by atoms with Crippen molar-refractivity contribution < 1.29 is 33.3 Å². The first kappa shape index (κ1) is 25.5. The maximum absolute atomic E-state index is 11.9. The molecule has 3 heterocycles. The van der Waals surface area contributed by atoms with Crippen LogP contribution >= 0.6 is 35.0 Å². The first-order chi connectivity index (χ1) is 15.6. The van der Waals surface area contributed by atoms with Gasteiger partial charge in [-0.05, 0) is 17.4 Å². The van der Waals surface area contributed by atoms with Gasteiger partial charge in [-0.3, -0.25) is 19.0 Å². The number of rotatable bonds is 8. The molecule has 33 heavy (non-hydrogen) atoms. The third-order valence-corrected chi connectivity index (χ3v) is 6.30. The minimum Gasteiger partial charge on any atom is -0.462 e. The average Bonchev–Trinajstić information content (AvgIpc) is 3.27. The molecule has 0 bridgehead atoms. The Morgan fingerprint density at radius 2 is 1.91 bits per heavy atom. The van der Waals surface area contributed by atoms with Crippen molar-refractivity contribution in [2.24, 2.45) is 0 Å². The number of nitrogens with zero attached hydrogens (tertiary/aromatic N) is 4. The molecule has 180 valence electrons. The number of fused-ring (bicyclic) bond motifs is 1. The van der Waals surface area contributed by atoms with Crippen molar-refractivity contribution in [2.75, 3.05) is 12.4 Å². The summed E-state index contributed by atoms with van der Waals surface area (Å²) in [6.45, 7) is 5.37. The molecule has 2 aromatic rings. The Balaban J connectivity index is 2.06. The zero-order chi connectivity index (χ0) is 24.3. The number of carbonyl (C=O) groups excluding carboxylic acids is 3. The van der Waals surface area contributed by atoms with Crippen LogP contribution < -0.4 is 0 Å². The maximum atomic E-state index is 11.9. The number of esters is 3. The third kappa shape index (κ3) is 5.86. The van der Waals surface area contributed by atoms with Crippen LogP contribution in [0.1, 0.15) is 33.9 Å². The average molecular weight is 521 g/mol. The molecular weight excluding hydrogens is 499 g/mol. The fraction of sp³-hybridized carbons (Fsp3) is 0.579. The van der Waals surface area contributed by atoms with E-state index in [2.05, 4.69) is 15.0 Å². The molecule has 2 aromatic heterocycles. The number of halogens is 2. The van der Waals surface area contributed by atoms with Crippen LogP contribution in [0.3, 0.4) is 0 Å². The summed E-state index contributed by atoms with van der Waals surface area (Å²) < 4.78 is 24.0. The van der Waals surface area contributed by atoms with Crippen LogP contribution in [-0.4, -0.2) is 73.3 Å². The Labute approximate surface area is 203 Å². The van der Waals surface area contributed by atoms with Crippen LogP contribution in [0, 0.1) is 0 Å². The molecule has 0 aromatic carbocycles. The molecule has 0 aliphatic carbocycles. The topological polar surface area (TPSA) is 132 Å². The van der Waals surface area contributed by atoms with Gasteiger partial charge < -0.3 is 18.9 Å². The lowest BCUT2D eigenvalue weighted by Crippen LogP contribution is -2.45. The van der Waals surface area contributed by atoms with Crippen LogP contribution in [0.4, 0.5) is 0 Å². The van der Waals surface area contributed by atoms with Gasteiger partial charge in [0, 0.05) is 20.8 Å². The molecule has 0 spiro atoms. The highest BCUT2D eigenvalue weighted by molar-refractivity contribution is 7.99. The van der Waals surface area contributed by atoms with E-state index in [4.69, 9.17) is 42.1 Å². The van der Waals surface area contributed by atoms with Crippen molar-refractivity contribution in [2.45, 2.75) is 57.5 Å². The van der Waals surface area contributed by atoms with Gasteiger partial charge in [-0.15, -0.1) is 0 Å². The highest BCUT2D eigenvalue weighted by Crippen LogP contribution is 2.42. The quantitative estimate of drug-likeness (QED) is 0.220. The summed E-state index contributed by atoms with van der Waals surface area (Å²) in [4.78, 5) is 47.5. The molecule has 0 radical (unpaired) electrons. The van der Waals surface area contributed by atoms with Gasteiger partial charge in [-0.25, -0.2) is 9.97 Å². The van der Waals surface area contributed by atoms with Crippen LogP contribution in [-0.2, 0) is 33.3 Å². The molecule has 5 atom stereocenters. The summed E-state index contributed by atoms with van der Waals surface area (Å²) in [7, 11) is 0. The first-order valence-corrected chi connectivity index (χ1v) is 11.7. The van der Waals surface area contributed by atoms with Gasteiger partial charge in [0.25, 0.3) is 0 Å². The number of aromatic nitrogens is 4. The molecule has 1 aliphatic rings. The van der Waals surface area contributed by atoms with E-state index >= 15 is 0 Å². The highest BCUT2D eigenvalue weighted by Gasteiger charge is 2.52. The normalized spacial score (nSPS) is 23.3. The van der Waals surface area contributed by atoms with E-state index in [0.29, 0.717) is 16.9 Å². The second-order valence-electron chi connectivity index (χ2n) is 7.04. The largest absolute Gasteiger partial charge is 0.462 e. The summed E-state index contributed by atoms with van der Waals surface area (Å²) in [5, 5.41) is -0.459. The summed E-state index contributed by atoms with van der Waals surface area (Å²) in [5.41, 5.74) is 0.631. The van der Waals surface area contributed by atoms with Crippen LogP contribution in [0.5, 0.6) is 0 Å². The van der Waals surface area contributed by atoms with E-state index in [-0.39, 0.29) is 17.0 Å². The number of hydrogen-bond acceptors (Lipinski definition) is 11. The smallest absolute Gasteiger partial charge is 0.303 e. The van der Waals surface area contributed by atoms with Crippen molar-refractivity contribution in [1.29, 1.82) is 0 Å². The van der Waals surface area contributed by atoms with Crippen LogP contribution in [0.15, 0.2) is 6.33 Å². The first-order valence-electron chi connectivity index (χ1n) is 9.92. The molecule has 14 heteroatoms. The number of thioether (sulfide) groups is 1. The molecular formula is C19H22Cl2N4O7S. The molecule has 1 saturated heterocycles. The fourth-order valence-electron chi connectivity index (χ4n) is 3.54. The van der Waals surface area contributed by atoms with Gasteiger partial charge in [-0.1, -0.05) is 18.5 Å². The number of carbonyl (C=O) groups is 3. The minimum absolute atomic E-state index is 0.0715. The molecule has 0 N–H and O–H groups in total. The second-order valence-corrected chi connectivity index (χ2v) is 9.19. The van der Waals surface area contributed by atoms with Crippen molar-refractivity contribution >= 4 is 64.0 Å². The van der Waals surface area contributed by atoms with Gasteiger partial charge in [0.05, 0.1) is 11.6 Å². The van der Waals surface area contributed by atoms with Gasteiger partial charge in [0.1, 0.15) is 24.3 Å². The Morgan fingerprint density at radius 1 is 1.18 bits per heavy atom. The lowest BCUT2D eigenvalue weighted by atomic mass is 10.1. The lowest BCUT2D eigenvalue weighted by Gasteiger charge is -2.27. The minimum atomic E-state index is -1.03. The highest BCUT2D eigenvalue weighted by atomic mass is 35.5. The molecule has 5 unspecified atom stereocenters. The van der Waals surface area contributed by atoms with Crippen LogP contribution in [0.2, 0.25) is 10.4 Å². The monoisotopic (exact) mass is 520 g/mol. The van der Waals surface area contributed by atoms with E-state index in [0.717, 1.165) is 0 Å². The standard InChI is InChI=1S/C19H22Cl2N4O7S/c1-5-33-15-14(31-10(4)28)13(11(30-9(3)27)6-29-8(2)26)32-18(15)25-7-22-12-16(20)23-19(21)24-17(12)25/h7,11,13-15,18H,5-6H2,1-4H3. The van der Waals surface area contributed by atoms with Crippen molar-refractivity contribution in [3.63, 3.8) is 0 Å². The number of hydrogen-bond donors (Lipinski definition) is 0. The van der Waals surface area contributed by atoms with Gasteiger partial charge >= 0.3 is 17.9 Å². The molecule has 1 fully saturated rings. The molecule has 11 nitrogen and oxygen atoms in total. The Hall–Kier alpha value is -2.15. The molecule has 0 amide bonds. The Morgan fingerprint density at radius 3 is 2.52 bits per heavy atom. The predicted molar refractivity (Wildman–Crippen MR) is 119 cm³/mol. The SMILES string of the molecule is CCSC1C(OC(C)=O)C(C(COC(C)=O)OC(C)=O)OC1n1cnc2c(Cl)nc(Cl)nc21. The number of ether oxygens (including phenoxy) is 4. The van der Waals surface area contributed by atoms with Gasteiger partial charge in [-0.2, -0.15) is 16.7 Å².